The number of amides is 1. The molecule has 0 radical (unpaired) electrons. The second-order valence-corrected chi connectivity index (χ2v) is 7.03. The predicted molar refractivity (Wildman–Crippen MR) is 89.1 cm³/mol. The van der Waals surface area contributed by atoms with Gasteiger partial charge in [0.15, 0.2) is 0 Å². The van der Waals surface area contributed by atoms with Gasteiger partial charge in [0.25, 0.3) is 0 Å². The van der Waals surface area contributed by atoms with E-state index in [1.165, 1.54) is 19.3 Å². The van der Waals surface area contributed by atoms with Gasteiger partial charge < -0.3 is 14.3 Å². The minimum absolute atomic E-state index is 0.121. The van der Waals surface area contributed by atoms with E-state index < -0.39 is 0 Å². The number of hydrogen-bond acceptors (Lipinski definition) is 4. The molecule has 0 aromatic carbocycles. The summed E-state index contributed by atoms with van der Waals surface area (Å²) in [5.74, 6) is 1.54. The first-order valence-corrected chi connectivity index (χ1v) is 8.73. The third-order valence-corrected chi connectivity index (χ3v) is 5.27. The molecule has 24 heavy (non-hydrogen) atoms. The molecular weight excluding hydrogens is 304 g/mol. The number of carbonyl (C=O) groups is 1. The largest absolute Gasteiger partial charge is 0.468 e. The molecule has 1 aliphatic carbocycles. The van der Waals surface area contributed by atoms with Gasteiger partial charge in [-0.1, -0.05) is 6.42 Å². The Morgan fingerprint density at radius 3 is 3.04 bits per heavy atom. The van der Waals surface area contributed by atoms with Gasteiger partial charge in [-0.05, 0) is 30.9 Å². The summed E-state index contributed by atoms with van der Waals surface area (Å²) in [6.45, 7) is 2.96. The number of nitrogens with one attached hydrogen (secondary N) is 1. The van der Waals surface area contributed by atoms with Crippen LogP contribution in [0.15, 0.2) is 29.1 Å². The zero-order chi connectivity index (χ0) is 16.5. The van der Waals surface area contributed by atoms with E-state index in [2.05, 4.69) is 15.2 Å². The molecule has 3 heterocycles. The van der Waals surface area contributed by atoms with E-state index >= 15 is 0 Å². The van der Waals surface area contributed by atoms with Crippen molar-refractivity contribution in [2.24, 2.45) is 13.0 Å². The number of carbonyl (C=O) groups excluding carboxylic acids is 1. The molecular formula is C18H24N4O2. The molecule has 0 unspecified atom stereocenters. The van der Waals surface area contributed by atoms with Crippen LogP contribution in [0.25, 0.3) is 0 Å². The molecule has 6 nitrogen and oxygen atoms in total. The van der Waals surface area contributed by atoms with Gasteiger partial charge in [0.1, 0.15) is 5.76 Å². The van der Waals surface area contributed by atoms with Gasteiger partial charge in [-0.15, -0.1) is 0 Å². The lowest BCUT2D eigenvalue weighted by molar-refractivity contribution is -0.123. The highest BCUT2D eigenvalue weighted by Crippen LogP contribution is 2.29. The summed E-state index contributed by atoms with van der Waals surface area (Å²) >= 11 is 0. The molecule has 1 saturated carbocycles. The summed E-state index contributed by atoms with van der Waals surface area (Å²) < 4.78 is 7.45. The molecule has 2 aliphatic rings. The summed E-state index contributed by atoms with van der Waals surface area (Å²) in [4.78, 5) is 19.5. The Hall–Kier alpha value is -2.08. The quantitative estimate of drug-likeness (QED) is 0.912. The van der Waals surface area contributed by atoms with E-state index in [1.807, 2.05) is 30.1 Å². The summed E-state index contributed by atoms with van der Waals surface area (Å²) in [6.07, 6.45) is 7.29. The number of imidazole rings is 1. The van der Waals surface area contributed by atoms with Crippen LogP contribution in [-0.2, 0) is 24.9 Å². The maximum Gasteiger partial charge on any atom is 0.230 e. The number of aryl methyl sites for hydroxylation is 1. The van der Waals surface area contributed by atoms with Crippen LogP contribution >= 0.6 is 0 Å². The van der Waals surface area contributed by atoms with Gasteiger partial charge in [0.2, 0.25) is 5.91 Å². The third-order valence-electron chi connectivity index (χ3n) is 5.27. The highest BCUT2D eigenvalue weighted by molar-refractivity contribution is 5.84. The maximum atomic E-state index is 12.8. The first-order valence-electron chi connectivity index (χ1n) is 8.73. The topological polar surface area (TPSA) is 63.3 Å². The number of furan rings is 1. The molecule has 2 aromatic rings. The molecule has 1 aliphatic heterocycles. The molecule has 128 valence electrons. The Balaban J connectivity index is 1.49. The molecule has 6 heteroatoms. The minimum atomic E-state index is -0.170. The van der Waals surface area contributed by atoms with Crippen molar-refractivity contribution in [2.45, 2.75) is 38.3 Å². The van der Waals surface area contributed by atoms with E-state index in [0.29, 0.717) is 19.0 Å². The molecule has 0 bridgehead atoms. The fourth-order valence-corrected chi connectivity index (χ4v) is 3.69. The Morgan fingerprint density at radius 2 is 2.33 bits per heavy atom. The molecule has 0 spiro atoms. The van der Waals surface area contributed by atoms with Gasteiger partial charge in [-0.25, -0.2) is 4.98 Å². The van der Waals surface area contributed by atoms with Gasteiger partial charge in [-0.2, -0.15) is 0 Å². The van der Waals surface area contributed by atoms with Crippen molar-refractivity contribution < 1.29 is 9.21 Å². The molecule has 4 rings (SSSR count). The lowest BCUT2D eigenvalue weighted by atomic mass is 9.85. The van der Waals surface area contributed by atoms with E-state index in [0.717, 1.165) is 30.2 Å². The minimum Gasteiger partial charge on any atom is -0.468 e. The van der Waals surface area contributed by atoms with E-state index in [1.54, 1.807) is 6.26 Å². The highest BCUT2D eigenvalue weighted by atomic mass is 16.3. The van der Waals surface area contributed by atoms with Gasteiger partial charge in [-0.3, -0.25) is 9.69 Å². The molecule has 0 saturated heterocycles. The fraction of sp³-hybridized carbons (Fsp3) is 0.556. The van der Waals surface area contributed by atoms with E-state index in [4.69, 9.17) is 4.42 Å². The average molecular weight is 328 g/mol. The predicted octanol–water partition coefficient (Wildman–Crippen LogP) is 2.03. The molecule has 1 N–H and O–H groups in total. The van der Waals surface area contributed by atoms with Crippen molar-refractivity contribution in [1.29, 1.82) is 0 Å². The number of fused-ring (bicyclic) bond motifs is 1. The first-order chi connectivity index (χ1) is 11.7. The molecule has 1 fully saturated rings. The second-order valence-electron chi connectivity index (χ2n) is 7.03. The van der Waals surface area contributed by atoms with Crippen molar-refractivity contribution in [3.8, 4) is 0 Å². The maximum absolute atomic E-state index is 12.8. The Kier molecular flexibility index (Phi) is 4.14. The molecule has 2 aromatic heterocycles. The van der Waals surface area contributed by atoms with Crippen LogP contribution in [0.1, 0.15) is 42.3 Å². The van der Waals surface area contributed by atoms with Crippen molar-refractivity contribution in [1.82, 2.24) is 19.8 Å². The Morgan fingerprint density at radius 1 is 1.46 bits per heavy atom. The smallest absolute Gasteiger partial charge is 0.230 e. The zero-order valence-electron chi connectivity index (χ0n) is 14.1. The number of nitrogens with zero attached hydrogens (tertiary/aromatic N) is 3. The lowest BCUT2D eigenvalue weighted by Crippen LogP contribution is -2.43. The van der Waals surface area contributed by atoms with Crippen LogP contribution in [-0.4, -0.2) is 33.4 Å². The van der Waals surface area contributed by atoms with Gasteiger partial charge >= 0.3 is 0 Å². The second kappa shape index (κ2) is 6.43. The van der Waals surface area contributed by atoms with E-state index in [9.17, 15) is 4.79 Å². The van der Waals surface area contributed by atoms with Crippen molar-refractivity contribution in [3.63, 3.8) is 0 Å². The third kappa shape index (κ3) is 2.98. The van der Waals surface area contributed by atoms with Crippen molar-refractivity contribution in [2.75, 3.05) is 13.1 Å². The molecule has 1 atom stereocenters. The van der Waals surface area contributed by atoms with Crippen LogP contribution in [0, 0.1) is 5.92 Å². The van der Waals surface area contributed by atoms with Crippen molar-refractivity contribution >= 4 is 5.91 Å². The standard InChI is InChI=1S/C18H24N4O2/c1-21-12-20-16-11-22(9-14-6-3-7-24-14)10-15(17(16)21)18(23)19-8-13-4-2-5-13/h3,6-7,12-13,15H,2,4-5,8-11H2,1H3,(H,19,23)/t15-/m0/s1. The molecule has 1 amide bonds. The normalized spacial score (nSPS) is 21.3. The van der Waals surface area contributed by atoms with Crippen LogP contribution in [0.2, 0.25) is 0 Å². The zero-order valence-corrected chi connectivity index (χ0v) is 14.1. The van der Waals surface area contributed by atoms with E-state index in [-0.39, 0.29) is 11.8 Å². The van der Waals surface area contributed by atoms with Crippen molar-refractivity contribution in [3.05, 3.63) is 41.9 Å². The van der Waals surface area contributed by atoms with Crippen LogP contribution in [0.3, 0.4) is 0 Å². The summed E-state index contributed by atoms with van der Waals surface area (Å²) in [7, 11) is 1.97. The summed E-state index contributed by atoms with van der Waals surface area (Å²) in [6, 6.07) is 3.87. The monoisotopic (exact) mass is 328 g/mol. The van der Waals surface area contributed by atoms with Crippen LogP contribution in [0.4, 0.5) is 0 Å². The number of aromatic nitrogens is 2. The lowest BCUT2D eigenvalue weighted by Gasteiger charge is -2.32. The Bertz CT molecular complexity index is 703. The number of rotatable bonds is 5. The first kappa shape index (κ1) is 15.4. The SMILES string of the molecule is Cn1cnc2c1[C@@H](C(=O)NCC1CCC1)CN(Cc1ccco1)C2. The number of hydrogen-bond donors (Lipinski definition) is 1. The van der Waals surface area contributed by atoms with Crippen LogP contribution < -0.4 is 5.32 Å². The summed E-state index contributed by atoms with van der Waals surface area (Å²) in [5, 5.41) is 3.16. The highest BCUT2D eigenvalue weighted by Gasteiger charge is 2.34. The summed E-state index contributed by atoms with van der Waals surface area (Å²) in [5.41, 5.74) is 2.05. The van der Waals surface area contributed by atoms with Gasteiger partial charge in [0, 0.05) is 26.7 Å². The fourth-order valence-electron chi connectivity index (χ4n) is 3.69. The van der Waals surface area contributed by atoms with Gasteiger partial charge in [0.05, 0.1) is 36.4 Å². The average Bonchev–Trinajstić information content (AvgIpc) is 3.15. The van der Waals surface area contributed by atoms with Crippen LogP contribution in [0.5, 0.6) is 0 Å². The Labute approximate surface area is 141 Å².